The van der Waals surface area contributed by atoms with Crippen LogP contribution in [-0.4, -0.2) is 9.97 Å². The van der Waals surface area contributed by atoms with Crippen LogP contribution in [0.25, 0.3) is 62.6 Å². The molecule has 0 fully saturated rings. The van der Waals surface area contributed by atoms with Gasteiger partial charge in [-0.1, -0.05) is 48.2 Å². The van der Waals surface area contributed by atoms with Crippen LogP contribution in [0, 0.1) is 23.7 Å². The monoisotopic (exact) mass is 520 g/mol. The number of hydrogen-bond acceptors (Lipinski definition) is 4. The van der Waals surface area contributed by atoms with Crippen molar-refractivity contribution in [3.05, 3.63) is 96.6 Å². The second-order valence-electron chi connectivity index (χ2n) is 9.02. The van der Waals surface area contributed by atoms with Gasteiger partial charge in [-0.3, -0.25) is 9.97 Å². The number of aromatic nitrogens is 2. The van der Waals surface area contributed by atoms with Crippen LogP contribution >= 0.6 is 22.7 Å². The van der Waals surface area contributed by atoms with E-state index in [-0.39, 0.29) is 0 Å². The summed E-state index contributed by atoms with van der Waals surface area (Å²) in [5.74, 6) is 13.4. The molecule has 4 heteroatoms. The molecule has 0 aliphatic rings. The van der Waals surface area contributed by atoms with Crippen LogP contribution in [-0.2, 0) is 0 Å². The SMILES string of the molecule is CC#Cc1c2sc3cc(-c4cccnc4)ccc3c2c(C#CC)c2sc3cc(-c4cccnc4)ccc3c12. The zero-order valence-electron chi connectivity index (χ0n) is 20.8. The first kappa shape index (κ1) is 22.7. The molecule has 0 radical (unpaired) electrons. The molecule has 2 nitrogen and oxygen atoms in total. The van der Waals surface area contributed by atoms with Crippen LogP contribution in [0.5, 0.6) is 0 Å². The smallest absolute Gasteiger partial charge is 0.0531 e. The van der Waals surface area contributed by atoms with E-state index in [1.807, 2.05) is 73.4 Å². The van der Waals surface area contributed by atoms with Crippen LogP contribution in [0.15, 0.2) is 85.5 Å². The summed E-state index contributed by atoms with van der Waals surface area (Å²) in [6.07, 6.45) is 7.45. The molecule has 3 aromatic carbocycles. The fourth-order valence-electron chi connectivity index (χ4n) is 5.18. The molecule has 0 N–H and O–H groups in total. The van der Waals surface area contributed by atoms with E-state index in [4.69, 9.17) is 0 Å². The number of pyridine rings is 2. The van der Waals surface area contributed by atoms with Crippen LogP contribution in [0.4, 0.5) is 0 Å². The molecule has 4 aromatic heterocycles. The second-order valence-corrected chi connectivity index (χ2v) is 11.1. The van der Waals surface area contributed by atoms with Crippen LogP contribution in [0.3, 0.4) is 0 Å². The molecule has 0 atom stereocenters. The molecule has 0 bridgehead atoms. The van der Waals surface area contributed by atoms with Crippen molar-refractivity contribution in [2.24, 2.45) is 0 Å². The lowest BCUT2D eigenvalue weighted by molar-refractivity contribution is 1.33. The molecule has 0 aliphatic carbocycles. The van der Waals surface area contributed by atoms with E-state index >= 15 is 0 Å². The molecule has 178 valence electrons. The Hall–Kier alpha value is -4.48. The van der Waals surface area contributed by atoms with Crippen molar-refractivity contribution >= 4 is 63.0 Å². The normalized spacial score (nSPS) is 11.0. The van der Waals surface area contributed by atoms with Gasteiger partial charge in [-0.15, -0.1) is 34.5 Å². The fraction of sp³-hybridized carbons (Fsp3) is 0.0588. The van der Waals surface area contributed by atoms with Gasteiger partial charge < -0.3 is 0 Å². The van der Waals surface area contributed by atoms with E-state index in [1.54, 1.807) is 0 Å². The Labute approximate surface area is 228 Å². The van der Waals surface area contributed by atoms with E-state index in [0.717, 1.165) is 22.3 Å². The van der Waals surface area contributed by atoms with Crippen LogP contribution in [0.2, 0.25) is 0 Å². The number of hydrogen-bond donors (Lipinski definition) is 0. The summed E-state index contributed by atoms with van der Waals surface area (Å²) in [5.41, 5.74) is 6.76. The molecule has 0 amide bonds. The molecule has 7 aromatic rings. The van der Waals surface area contributed by atoms with Gasteiger partial charge in [0.1, 0.15) is 0 Å². The lowest BCUT2D eigenvalue weighted by Gasteiger charge is -2.05. The highest BCUT2D eigenvalue weighted by atomic mass is 32.1. The van der Waals surface area contributed by atoms with Gasteiger partial charge >= 0.3 is 0 Å². The third-order valence-corrected chi connectivity index (χ3v) is 9.16. The van der Waals surface area contributed by atoms with Crippen LogP contribution in [0.1, 0.15) is 25.0 Å². The van der Waals surface area contributed by atoms with Gasteiger partial charge in [-0.25, -0.2) is 0 Å². The average molecular weight is 521 g/mol. The number of benzene rings is 3. The molecule has 4 heterocycles. The minimum atomic E-state index is 1.10. The average Bonchev–Trinajstić information content (AvgIpc) is 3.54. The summed E-state index contributed by atoms with van der Waals surface area (Å²) in [4.78, 5) is 8.62. The topological polar surface area (TPSA) is 25.8 Å². The van der Waals surface area contributed by atoms with Crippen molar-refractivity contribution < 1.29 is 0 Å². The number of thiophene rings is 2. The molecule has 0 unspecified atom stereocenters. The standard InChI is InChI=1S/C34H20N2S2/c1-3-7-27-31-25-13-11-21(23-9-5-15-35-19-23)17-29(25)38-34(31)28(8-4-2)32-26-14-12-22(18-30(26)37-33(27)32)24-10-6-16-36-20-24/h5-6,9-20H,1-2H3. The molecular weight excluding hydrogens is 501 g/mol. The summed E-state index contributed by atoms with van der Waals surface area (Å²) in [6.45, 7) is 3.83. The second kappa shape index (κ2) is 9.12. The summed E-state index contributed by atoms with van der Waals surface area (Å²) >= 11 is 3.62. The molecule has 38 heavy (non-hydrogen) atoms. The van der Waals surface area contributed by atoms with Crippen molar-refractivity contribution in [2.75, 3.05) is 0 Å². The van der Waals surface area contributed by atoms with E-state index in [9.17, 15) is 0 Å². The van der Waals surface area contributed by atoms with Gasteiger partial charge in [0.25, 0.3) is 0 Å². The quantitative estimate of drug-likeness (QED) is 0.212. The minimum absolute atomic E-state index is 1.10. The summed E-state index contributed by atoms with van der Waals surface area (Å²) < 4.78 is 4.89. The van der Waals surface area contributed by atoms with Gasteiger partial charge in [0, 0.05) is 66.9 Å². The highest BCUT2D eigenvalue weighted by Crippen LogP contribution is 2.48. The van der Waals surface area contributed by atoms with Gasteiger partial charge in [0.05, 0.1) is 20.5 Å². The predicted octanol–water partition coefficient (Wildman–Crippen LogP) is 9.29. The highest BCUT2D eigenvalue weighted by Gasteiger charge is 2.21. The van der Waals surface area contributed by atoms with E-state index in [2.05, 4.69) is 82.2 Å². The number of fused-ring (bicyclic) bond motifs is 6. The van der Waals surface area contributed by atoms with E-state index in [1.165, 1.54) is 51.5 Å². The van der Waals surface area contributed by atoms with Gasteiger partial charge in [0.15, 0.2) is 0 Å². The Morgan fingerprint density at radius 3 is 1.45 bits per heavy atom. The number of rotatable bonds is 2. The summed E-state index contributed by atoms with van der Waals surface area (Å²) in [5, 5.41) is 4.87. The zero-order chi connectivity index (χ0) is 25.6. The third kappa shape index (κ3) is 3.51. The first-order valence-electron chi connectivity index (χ1n) is 12.3. The van der Waals surface area contributed by atoms with Crippen LogP contribution < -0.4 is 0 Å². The Bertz CT molecular complexity index is 1990. The fourth-order valence-corrected chi connectivity index (χ4v) is 7.69. The Balaban J connectivity index is 1.59. The molecule has 0 saturated carbocycles. The lowest BCUT2D eigenvalue weighted by Crippen LogP contribution is -1.85. The summed E-state index contributed by atoms with van der Waals surface area (Å²) in [6, 6.07) is 21.6. The maximum Gasteiger partial charge on any atom is 0.0531 e. The zero-order valence-corrected chi connectivity index (χ0v) is 22.4. The largest absolute Gasteiger partial charge is 0.264 e. The van der Waals surface area contributed by atoms with Gasteiger partial charge in [-0.05, 0) is 49.2 Å². The van der Waals surface area contributed by atoms with Crippen molar-refractivity contribution in [1.29, 1.82) is 0 Å². The first-order chi connectivity index (χ1) is 18.8. The third-order valence-electron chi connectivity index (χ3n) is 6.82. The predicted molar refractivity (Wildman–Crippen MR) is 164 cm³/mol. The Morgan fingerprint density at radius 1 is 0.579 bits per heavy atom. The molecule has 7 rings (SSSR count). The van der Waals surface area contributed by atoms with Crippen molar-refractivity contribution in [1.82, 2.24) is 9.97 Å². The molecular formula is C34H20N2S2. The summed E-state index contributed by atoms with van der Waals surface area (Å²) in [7, 11) is 0. The highest BCUT2D eigenvalue weighted by molar-refractivity contribution is 7.28. The molecule has 0 saturated heterocycles. The van der Waals surface area contributed by atoms with Crippen molar-refractivity contribution in [2.45, 2.75) is 13.8 Å². The van der Waals surface area contributed by atoms with Gasteiger partial charge in [-0.2, -0.15) is 0 Å². The van der Waals surface area contributed by atoms with Gasteiger partial charge in [0.2, 0.25) is 0 Å². The maximum atomic E-state index is 4.31. The van der Waals surface area contributed by atoms with Crippen molar-refractivity contribution in [3.63, 3.8) is 0 Å². The lowest BCUT2D eigenvalue weighted by atomic mass is 9.96. The Kier molecular flexibility index (Phi) is 5.45. The first-order valence-corrected chi connectivity index (χ1v) is 13.9. The molecule has 0 aliphatic heterocycles. The molecule has 0 spiro atoms. The Morgan fingerprint density at radius 2 is 1.05 bits per heavy atom. The van der Waals surface area contributed by atoms with Crippen molar-refractivity contribution in [3.8, 4) is 45.9 Å². The number of nitrogens with zero attached hydrogens (tertiary/aromatic N) is 2. The maximum absolute atomic E-state index is 4.31. The minimum Gasteiger partial charge on any atom is -0.264 e. The van der Waals surface area contributed by atoms with E-state index in [0.29, 0.717) is 0 Å². The van der Waals surface area contributed by atoms with E-state index < -0.39 is 0 Å².